The van der Waals surface area contributed by atoms with Gasteiger partial charge in [-0.05, 0) is 37.0 Å². The molecule has 0 atom stereocenters. The molecule has 0 aromatic heterocycles. The van der Waals surface area contributed by atoms with E-state index < -0.39 is 0 Å². The van der Waals surface area contributed by atoms with Gasteiger partial charge >= 0.3 is 0 Å². The fourth-order valence-electron chi connectivity index (χ4n) is 3.69. The first-order chi connectivity index (χ1) is 13.7. The van der Waals surface area contributed by atoms with Crippen molar-refractivity contribution in [3.63, 3.8) is 0 Å². The Labute approximate surface area is 173 Å². The maximum Gasteiger partial charge on any atom is 0.220 e. The Hall–Kier alpha value is -1.70. The second-order valence-electron chi connectivity index (χ2n) is 7.50. The number of aryl methyl sites for hydroxylation is 1. The molecular formula is C21H32N4O2S. The molecule has 1 aromatic carbocycles. The molecule has 3 rings (SSSR count). The van der Waals surface area contributed by atoms with E-state index in [4.69, 9.17) is 17.0 Å². The summed E-state index contributed by atoms with van der Waals surface area (Å²) >= 11 is 5.55. The summed E-state index contributed by atoms with van der Waals surface area (Å²) in [7, 11) is 0. The van der Waals surface area contributed by atoms with Gasteiger partial charge in [0.05, 0.1) is 13.2 Å². The van der Waals surface area contributed by atoms with Gasteiger partial charge in [-0.25, -0.2) is 0 Å². The molecule has 1 amide bonds. The number of nitrogens with zero attached hydrogens (tertiary/aromatic N) is 2. The maximum atomic E-state index is 12.2. The Morgan fingerprint density at radius 2 is 1.82 bits per heavy atom. The Kier molecular flexibility index (Phi) is 8.51. The molecule has 7 heteroatoms. The van der Waals surface area contributed by atoms with Crippen LogP contribution >= 0.6 is 12.2 Å². The summed E-state index contributed by atoms with van der Waals surface area (Å²) in [5.74, 6) is 0.147. The van der Waals surface area contributed by atoms with Crippen molar-refractivity contribution >= 4 is 23.2 Å². The highest BCUT2D eigenvalue weighted by atomic mass is 32.1. The highest BCUT2D eigenvalue weighted by molar-refractivity contribution is 7.80. The van der Waals surface area contributed by atoms with Crippen LogP contribution < -0.4 is 10.6 Å². The average molecular weight is 405 g/mol. The third-order valence-corrected chi connectivity index (χ3v) is 5.84. The van der Waals surface area contributed by atoms with Crippen molar-refractivity contribution in [3.8, 4) is 0 Å². The lowest BCUT2D eigenvalue weighted by atomic mass is 10.0. The Morgan fingerprint density at radius 1 is 1.11 bits per heavy atom. The molecule has 0 unspecified atom stereocenters. The molecule has 2 heterocycles. The standard InChI is InChI=1S/C21H32N4O2S/c26-20(7-6-18-4-2-1-3-5-18)23-19-8-11-25(12-9-19)21(28)22-10-13-24-14-16-27-17-15-24/h1-5,19H,6-17H2,(H,22,28)(H,23,26). The van der Waals surface area contributed by atoms with Gasteiger partial charge in [-0.3, -0.25) is 9.69 Å². The van der Waals surface area contributed by atoms with Gasteiger partial charge in [0.15, 0.2) is 5.11 Å². The highest BCUT2D eigenvalue weighted by Gasteiger charge is 2.22. The van der Waals surface area contributed by atoms with Crippen molar-refractivity contribution in [1.29, 1.82) is 0 Å². The van der Waals surface area contributed by atoms with E-state index in [0.29, 0.717) is 6.42 Å². The lowest BCUT2D eigenvalue weighted by Gasteiger charge is -2.34. The number of ether oxygens (including phenoxy) is 1. The molecule has 2 N–H and O–H groups in total. The van der Waals surface area contributed by atoms with Crippen molar-refractivity contribution in [3.05, 3.63) is 35.9 Å². The lowest BCUT2D eigenvalue weighted by molar-refractivity contribution is -0.122. The molecule has 2 fully saturated rings. The zero-order chi connectivity index (χ0) is 19.6. The number of thiocarbonyl (C=S) groups is 1. The van der Waals surface area contributed by atoms with Gasteiger partial charge in [0.25, 0.3) is 0 Å². The molecule has 1 aromatic rings. The van der Waals surface area contributed by atoms with Gasteiger partial charge in [0.2, 0.25) is 5.91 Å². The molecule has 2 saturated heterocycles. The Bertz CT molecular complexity index is 614. The van der Waals surface area contributed by atoms with Crippen molar-refractivity contribution in [1.82, 2.24) is 20.4 Å². The zero-order valence-electron chi connectivity index (χ0n) is 16.6. The minimum Gasteiger partial charge on any atom is -0.379 e. The number of piperidine rings is 1. The van der Waals surface area contributed by atoms with Crippen LogP contribution in [0.4, 0.5) is 0 Å². The van der Waals surface area contributed by atoms with Crippen molar-refractivity contribution in [2.24, 2.45) is 0 Å². The Balaban J connectivity index is 1.28. The number of morpholine rings is 1. The van der Waals surface area contributed by atoms with Crippen LogP contribution in [-0.2, 0) is 16.0 Å². The van der Waals surface area contributed by atoms with Crippen LogP contribution in [0.25, 0.3) is 0 Å². The molecule has 6 nitrogen and oxygen atoms in total. The highest BCUT2D eigenvalue weighted by Crippen LogP contribution is 2.11. The summed E-state index contributed by atoms with van der Waals surface area (Å²) in [6.07, 6.45) is 3.24. The molecule has 2 aliphatic rings. The fourth-order valence-corrected chi connectivity index (χ4v) is 3.97. The van der Waals surface area contributed by atoms with Crippen LogP contribution in [0.15, 0.2) is 30.3 Å². The normalized spacial score (nSPS) is 18.6. The summed E-state index contributed by atoms with van der Waals surface area (Å²) < 4.78 is 5.37. The number of nitrogens with one attached hydrogen (secondary N) is 2. The smallest absolute Gasteiger partial charge is 0.220 e. The molecule has 0 radical (unpaired) electrons. The summed E-state index contributed by atoms with van der Waals surface area (Å²) in [6, 6.07) is 10.4. The molecule has 2 aliphatic heterocycles. The van der Waals surface area contributed by atoms with E-state index in [1.54, 1.807) is 0 Å². The van der Waals surface area contributed by atoms with Crippen molar-refractivity contribution in [2.45, 2.75) is 31.7 Å². The average Bonchev–Trinajstić information content (AvgIpc) is 2.74. The van der Waals surface area contributed by atoms with Crippen molar-refractivity contribution in [2.75, 3.05) is 52.5 Å². The quantitative estimate of drug-likeness (QED) is 0.670. The lowest BCUT2D eigenvalue weighted by Crippen LogP contribution is -2.50. The minimum atomic E-state index is 0.147. The number of hydrogen-bond donors (Lipinski definition) is 2. The van der Waals surface area contributed by atoms with Gasteiger partial charge in [-0.1, -0.05) is 30.3 Å². The first-order valence-electron chi connectivity index (χ1n) is 10.4. The van der Waals surface area contributed by atoms with Gasteiger partial charge < -0.3 is 20.3 Å². The van der Waals surface area contributed by atoms with E-state index in [1.807, 2.05) is 18.2 Å². The van der Waals surface area contributed by atoms with Crippen LogP contribution in [-0.4, -0.2) is 79.3 Å². The number of rotatable bonds is 7. The number of likely N-dealkylation sites (tertiary alicyclic amines) is 1. The van der Waals surface area contributed by atoms with E-state index >= 15 is 0 Å². The Morgan fingerprint density at radius 3 is 2.54 bits per heavy atom. The molecule has 0 bridgehead atoms. The summed E-state index contributed by atoms with van der Waals surface area (Å²) in [5, 5.41) is 7.40. The van der Waals surface area contributed by atoms with Crippen LogP contribution in [0.2, 0.25) is 0 Å². The van der Waals surface area contributed by atoms with E-state index in [1.165, 1.54) is 5.56 Å². The monoisotopic (exact) mass is 404 g/mol. The first-order valence-corrected chi connectivity index (χ1v) is 10.8. The van der Waals surface area contributed by atoms with Gasteiger partial charge in [-0.15, -0.1) is 0 Å². The third-order valence-electron chi connectivity index (χ3n) is 5.44. The van der Waals surface area contributed by atoms with Gasteiger partial charge in [0.1, 0.15) is 0 Å². The van der Waals surface area contributed by atoms with E-state index in [9.17, 15) is 4.79 Å². The number of hydrogen-bond acceptors (Lipinski definition) is 4. The minimum absolute atomic E-state index is 0.147. The molecule has 0 aliphatic carbocycles. The zero-order valence-corrected chi connectivity index (χ0v) is 17.4. The predicted octanol–water partition coefficient (Wildman–Crippen LogP) is 1.41. The third kappa shape index (κ3) is 7.04. The van der Waals surface area contributed by atoms with E-state index in [0.717, 1.165) is 76.9 Å². The second kappa shape index (κ2) is 11.3. The molecule has 154 valence electrons. The number of amides is 1. The number of carbonyl (C=O) groups is 1. The van der Waals surface area contributed by atoms with E-state index in [-0.39, 0.29) is 11.9 Å². The number of benzene rings is 1. The molecule has 0 saturated carbocycles. The largest absolute Gasteiger partial charge is 0.379 e. The predicted molar refractivity (Wildman–Crippen MR) is 115 cm³/mol. The van der Waals surface area contributed by atoms with Crippen LogP contribution in [0, 0.1) is 0 Å². The molecule has 28 heavy (non-hydrogen) atoms. The topological polar surface area (TPSA) is 56.8 Å². The summed E-state index contributed by atoms with van der Waals surface area (Å²) in [4.78, 5) is 16.8. The molecular weight excluding hydrogens is 372 g/mol. The first kappa shape index (κ1) is 21.0. The van der Waals surface area contributed by atoms with Gasteiger partial charge in [0, 0.05) is 51.7 Å². The van der Waals surface area contributed by atoms with Crippen LogP contribution in [0.3, 0.4) is 0 Å². The molecule has 0 spiro atoms. The van der Waals surface area contributed by atoms with Crippen LogP contribution in [0.5, 0.6) is 0 Å². The fraction of sp³-hybridized carbons (Fsp3) is 0.619. The van der Waals surface area contributed by atoms with Crippen molar-refractivity contribution < 1.29 is 9.53 Å². The second-order valence-corrected chi connectivity index (χ2v) is 7.89. The van der Waals surface area contributed by atoms with E-state index in [2.05, 4.69) is 32.6 Å². The number of carbonyl (C=O) groups excluding carboxylic acids is 1. The maximum absolute atomic E-state index is 12.2. The van der Waals surface area contributed by atoms with Crippen LogP contribution in [0.1, 0.15) is 24.8 Å². The summed E-state index contributed by atoms with van der Waals surface area (Å²) in [6.45, 7) is 7.32. The SMILES string of the molecule is O=C(CCc1ccccc1)NC1CCN(C(=S)NCCN2CCOCC2)CC1. The summed E-state index contributed by atoms with van der Waals surface area (Å²) in [5.41, 5.74) is 1.21. The van der Waals surface area contributed by atoms with Gasteiger partial charge in [-0.2, -0.15) is 0 Å².